The fraction of sp³-hybridized carbons (Fsp3) is 0.200. The smallest absolute Gasteiger partial charge is 0.263 e. The molecule has 0 aromatic carbocycles. The van der Waals surface area contributed by atoms with Gasteiger partial charge in [0.05, 0.1) is 0 Å². The molecule has 0 aromatic rings. The van der Waals surface area contributed by atoms with Crippen molar-refractivity contribution in [3.05, 3.63) is 12.2 Å². The molecule has 0 saturated heterocycles. The van der Waals surface area contributed by atoms with Crippen LogP contribution in [0.1, 0.15) is 0 Å². The van der Waals surface area contributed by atoms with Gasteiger partial charge in [0.25, 0.3) is 5.91 Å². The third-order valence-corrected chi connectivity index (χ3v) is 2.25. The molecule has 0 aromatic heterocycles. The molecule has 48 valence electrons. The number of hydrogen-bond donors (Lipinski definition) is 0. The van der Waals surface area contributed by atoms with Crippen LogP contribution in [0.15, 0.2) is 17.1 Å². The number of amides is 1. The molecule has 0 saturated carbocycles. The van der Waals surface area contributed by atoms with Gasteiger partial charge in [-0.25, -0.2) is 4.99 Å². The molecule has 4 heteroatoms. The Labute approximate surface area is 74.7 Å². The highest BCUT2D eigenvalue weighted by Crippen LogP contribution is 2.11. The van der Waals surface area contributed by atoms with E-state index < -0.39 is 0 Å². The summed E-state index contributed by atoms with van der Waals surface area (Å²) in [6.45, 7) is 0. The fourth-order valence-corrected chi connectivity index (χ4v) is 1.12. The monoisotopic (exact) mass is 299 g/mol. The lowest BCUT2D eigenvalue weighted by Crippen LogP contribution is -2.12. The topological polar surface area (TPSA) is 29.4 Å². The lowest BCUT2D eigenvalue weighted by molar-refractivity contribution is -0.116. The van der Waals surface area contributed by atoms with Crippen LogP contribution in [0.4, 0.5) is 0 Å². The van der Waals surface area contributed by atoms with E-state index >= 15 is 0 Å². The second-order valence-corrected chi connectivity index (χ2v) is 3.69. The number of hydrogen-bond acceptors (Lipinski definition) is 1. The van der Waals surface area contributed by atoms with Crippen LogP contribution in [0.5, 0.6) is 0 Å². The molecule has 1 rings (SSSR count). The number of aliphatic imine (C=N–C) groups is 1. The number of alkyl halides is 1. The largest absolute Gasteiger partial charge is 0.271 e. The Hall–Kier alpha value is 0.290. The summed E-state index contributed by atoms with van der Waals surface area (Å²) in [5, 5.41) is 0. The molecule has 0 spiro atoms. The quantitative estimate of drug-likeness (QED) is 0.494. The summed E-state index contributed by atoms with van der Waals surface area (Å²) in [6, 6.07) is 0. The number of allylic oxidation sites excluding steroid dienone is 1. The van der Waals surface area contributed by atoms with Crippen molar-refractivity contribution in [1.82, 2.24) is 0 Å². The van der Waals surface area contributed by atoms with Crippen molar-refractivity contribution in [2.24, 2.45) is 4.99 Å². The summed E-state index contributed by atoms with van der Waals surface area (Å²) in [5.41, 5.74) is 0. The normalized spacial score (nSPS) is 26.2. The lowest BCUT2D eigenvalue weighted by atomic mass is 10.3. The van der Waals surface area contributed by atoms with E-state index in [1.807, 2.05) is 22.6 Å². The van der Waals surface area contributed by atoms with Crippen molar-refractivity contribution < 1.29 is 4.79 Å². The Bertz CT molecular complexity index is 199. The van der Waals surface area contributed by atoms with E-state index in [-0.39, 0.29) is 9.83 Å². The van der Waals surface area contributed by atoms with Crippen LogP contribution < -0.4 is 0 Å². The van der Waals surface area contributed by atoms with E-state index in [1.165, 1.54) is 0 Å². The van der Waals surface area contributed by atoms with Crippen LogP contribution in [-0.2, 0) is 4.79 Å². The zero-order valence-electron chi connectivity index (χ0n) is 4.34. The molecule has 0 N–H and O–H groups in total. The van der Waals surface area contributed by atoms with Gasteiger partial charge in [0.15, 0.2) is 0 Å². The van der Waals surface area contributed by atoms with E-state index in [0.717, 1.165) is 0 Å². The molecule has 9 heavy (non-hydrogen) atoms. The lowest BCUT2D eigenvalue weighted by Gasteiger charge is -2.02. The highest BCUT2D eigenvalue weighted by atomic mass is 127. The van der Waals surface area contributed by atoms with Crippen LogP contribution in [0.25, 0.3) is 0 Å². The second-order valence-electron chi connectivity index (χ2n) is 1.53. The molecule has 0 aliphatic carbocycles. The molecule has 0 radical (unpaired) electrons. The second kappa shape index (κ2) is 2.92. The van der Waals surface area contributed by atoms with Crippen molar-refractivity contribution in [2.75, 3.05) is 0 Å². The van der Waals surface area contributed by atoms with Gasteiger partial charge in [0, 0.05) is 0 Å². The van der Waals surface area contributed by atoms with E-state index in [9.17, 15) is 4.79 Å². The minimum atomic E-state index is -0.0926. The predicted octanol–water partition coefficient (Wildman–Crippen LogP) is 1.68. The number of carbonyl (C=O) groups excluding carboxylic acids is 1. The van der Waals surface area contributed by atoms with Gasteiger partial charge in [0.1, 0.15) is 8.55 Å². The Morgan fingerprint density at radius 1 is 1.78 bits per heavy atom. The number of rotatable bonds is 0. The van der Waals surface area contributed by atoms with Gasteiger partial charge in [-0.05, 0) is 22.0 Å². The van der Waals surface area contributed by atoms with Crippen LogP contribution >= 0.6 is 38.5 Å². The van der Waals surface area contributed by atoms with Crippen molar-refractivity contribution in [3.8, 4) is 0 Å². The summed E-state index contributed by atoms with van der Waals surface area (Å²) in [6.07, 6.45) is 3.58. The molecule has 1 heterocycles. The summed E-state index contributed by atoms with van der Waals surface area (Å²) in [5.74, 6) is -0.0926. The van der Waals surface area contributed by atoms with Gasteiger partial charge in [0.2, 0.25) is 0 Å². The minimum Gasteiger partial charge on any atom is -0.271 e. The zero-order valence-corrected chi connectivity index (χ0v) is 8.09. The van der Waals surface area contributed by atoms with Gasteiger partial charge >= 0.3 is 0 Å². The van der Waals surface area contributed by atoms with Crippen molar-refractivity contribution in [3.63, 3.8) is 0 Å². The van der Waals surface area contributed by atoms with Gasteiger partial charge in [-0.2, -0.15) is 0 Å². The third-order valence-electron chi connectivity index (χ3n) is 0.856. The maximum Gasteiger partial charge on any atom is 0.263 e. The standard InChI is InChI=1S/C5H3BrINO/c6-4-2-1-3(7)5(9)8-4/h1-3H. The zero-order chi connectivity index (χ0) is 6.85. The molecule has 1 aliphatic rings. The summed E-state index contributed by atoms with van der Waals surface area (Å²) < 4.78 is 0.532. The van der Waals surface area contributed by atoms with Gasteiger partial charge < -0.3 is 0 Å². The van der Waals surface area contributed by atoms with Crippen LogP contribution in [0, 0.1) is 0 Å². The molecule has 1 aliphatic heterocycles. The molecule has 0 bridgehead atoms. The number of halogens is 2. The fourth-order valence-electron chi connectivity index (χ4n) is 0.450. The minimum absolute atomic E-state index is 0.0797. The van der Waals surface area contributed by atoms with Crippen molar-refractivity contribution in [1.29, 1.82) is 0 Å². The van der Waals surface area contributed by atoms with Crippen molar-refractivity contribution in [2.45, 2.75) is 3.92 Å². The Balaban J connectivity index is 2.82. The molecule has 0 fully saturated rings. The molecule has 1 amide bonds. The predicted molar refractivity (Wildman–Crippen MR) is 48.3 cm³/mol. The van der Waals surface area contributed by atoms with Gasteiger partial charge in [-0.1, -0.05) is 28.7 Å². The molecule has 1 unspecified atom stereocenters. The van der Waals surface area contributed by atoms with Crippen LogP contribution in [0.3, 0.4) is 0 Å². The first kappa shape index (κ1) is 7.40. The Morgan fingerprint density at radius 3 is 2.89 bits per heavy atom. The first-order chi connectivity index (χ1) is 4.20. The van der Waals surface area contributed by atoms with Gasteiger partial charge in [-0.15, -0.1) is 0 Å². The van der Waals surface area contributed by atoms with E-state index in [0.29, 0.717) is 4.62 Å². The highest BCUT2D eigenvalue weighted by Gasteiger charge is 2.13. The number of dihydropyridines is 1. The Morgan fingerprint density at radius 2 is 2.44 bits per heavy atom. The summed E-state index contributed by atoms with van der Waals surface area (Å²) in [4.78, 5) is 14.4. The van der Waals surface area contributed by atoms with Gasteiger partial charge in [-0.3, -0.25) is 4.79 Å². The molecule has 1 atom stereocenters. The maximum absolute atomic E-state index is 10.7. The van der Waals surface area contributed by atoms with Crippen LogP contribution in [0.2, 0.25) is 0 Å². The highest BCUT2D eigenvalue weighted by molar-refractivity contribution is 14.1. The third kappa shape index (κ3) is 1.86. The number of carbonyl (C=O) groups is 1. The summed E-state index contributed by atoms with van der Waals surface area (Å²) in [7, 11) is 0. The molecular formula is C5H3BrINO. The van der Waals surface area contributed by atoms with E-state index in [1.54, 1.807) is 12.2 Å². The summed E-state index contributed by atoms with van der Waals surface area (Å²) >= 11 is 5.12. The van der Waals surface area contributed by atoms with Crippen molar-refractivity contribution >= 4 is 49.0 Å². The molecule has 2 nitrogen and oxygen atoms in total. The Kier molecular flexibility index (Phi) is 2.40. The molecular weight excluding hydrogens is 297 g/mol. The van der Waals surface area contributed by atoms with Crippen LogP contribution in [-0.4, -0.2) is 14.5 Å². The van der Waals surface area contributed by atoms with E-state index in [4.69, 9.17) is 0 Å². The SMILES string of the molecule is O=C1N=C(Br)C=CC1I. The average molecular weight is 300 g/mol. The first-order valence-corrected chi connectivity index (χ1v) is 4.34. The average Bonchev–Trinajstić information content (AvgIpc) is 1.80. The first-order valence-electron chi connectivity index (χ1n) is 2.30. The van der Waals surface area contributed by atoms with E-state index in [2.05, 4.69) is 20.9 Å². The maximum atomic E-state index is 10.7. The number of nitrogens with zero attached hydrogens (tertiary/aromatic N) is 1.